The monoisotopic (exact) mass is 446 g/mol. The Kier molecular flexibility index (Phi) is 4.79. The van der Waals surface area contributed by atoms with Crippen molar-refractivity contribution in [1.82, 2.24) is 23.8 Å². The van der Waals surface area contributed by atoms with Crippen molar-refractivity contribution in [3.8, 4) is 11.3 Å². The normalized spacial score (nSPS) is 11.3. The Morgan fingerprint density at radius 1 is 1.06 bits per heavy atom. The fraction of sp³-hybridized carbons (Fsp3) is 0.130. The van der Waals surface area contributed by atoms with Crippen molar-refractivity contribution in [1.29, 1.82) is 0 Å². The van der Waals surface area contributed by atoms with E-state index in [0.29, 0.717) is 16.2 Å². The average Bonchev–Trinajstić information content (AvgIpc) is 3.34. The lowest BCUT2D eigenvalue weighted by atomic mass is 10.1. The number of anilines is 1. The molecule has 9 heteroatoms. The first kappa shape index (κ1) is 20.0. The van der Waals surface area contributed by atoms with Gasteiger partial charge >= 0.3 is 5.69 Å². The number of aromatic nitrogens is 5. The molecule has 3 aromatic heterocycles. The first-order valence-electron chi connectivity index (χ1n) is 10.0. The molecule has 0 aliphatic carbocycles. The Morgan fingerprint density at radius 3 is 2.62 bits per heavy atom. The van der Waals surface area contributed by atoms with E-state index in [4.69, 9.17) is 11.6 Å². The first-order valence-corrected chi connectivity index (χ1v) is 10.4. The van der Waals surface area contributed by atoms with E-state index in [0.717, 1.165) is 32.8 Å². The summed E-state index contributed by atoms with van der Waals surface area (Å²) in [4.78, 5) is 25.4. The van der Waals surface area contributed by atoms with Gasteiger partial charge in [-0.05, 0) is 49.2 Å². The Labute approximate surface area is 187 Å². The van der Waals surface area contributed by atoms with Crippen molar-refractivity contribution < 1.29 is 4.79 Å². The Morgan fingerprint density at radius 2 is 1.84 bits per heavy atom. The van der Waals surface area contributed by atoms with Gasteiger partial charge in [0.05, 0.1) is 5.69 Å². The fourth-order valence-corrected chi connectivity index (χ4v) is 3.74. The van der Waals surface area contributed by atoms with Crippen molar-refractivity contribution in [3.63, 3.8) is 0 Å². The van der Waals surface area contributed by atoms with Gasteiger partial charge in [-0.1, -0.05) is 35.9 Å². The van der Waals surface area contributed by atoms with Crippen LogP contribution in [0.1, 0.15) is 11.1 Å². The molecule has 3 heterocycles. The van der Waals surface area contributed by atoms with Crippen LogP contribution in [-0.2, 0) is 11.3 Å². The Hall–Kier alpha value is -3.91. The number of nitrogens with zero attached hydrogens (tertiary/aromatic N) is 5. The molecular weight excluding hydrogens is 428 g/mol. The second-order valence-corrected chi connectivity index (χ2v) is 8.03. The molecule has 8 nitrogen and oxygen atoms in total. The van der Waals surface area contributed by atoms with E-state index in [1.807, 2.05) is 50.2 Å². The van der Waals surface area contributed by atoms with Crippen LogP contribution in [0.2, 0.25) is 5.02 Å². The third kappa shape index (κ3) is 3.44. The van der Waals surface area contributed by atoms with Crippen LogP contribution in [0, 0.1) is 13.8 Å². The standard InChI is InChI=1S/C23H19ClN6O2/c1-14-4-3-5-18(15(14)2)25-21(31)13-30-23(32)28-10-11-29-20(22(28)27-30)12-19(26-29)16-6-8-17(24)9-7-16/h3-12H,13H2,1-2H3,(H,25,31). The van der Waals surface area contributed by atoms with E-state index in [9.17, 15) is 9.59 Å². The van der Waals surface area contributed by atoms with Gasteiger partial charge in [0.1, 0.15) is 12.1 Å². The van der Waals surface area contributed by atoms with Crippen molar-refractivity contribution in [3.05, 3.63) is 87.6 Å². The zero-order valence-corrected chi connectivity index (χ0v) is 18.2. The van der Waals surface area contributed by atoms with Gasteiger partial charge in [-0.15, -0.1) is 5.10 Å². The SMILES string of the molecule is Cc1cccc(NC(=O)Cn2nc3c4cc(-c5ccc(Cl)cc5)nn4ccn3c2=O)c1C. The number of hydrogen-bond donors (Lipinski definition) is 1. The molecule has 1 N–H and O–H groups in total. The topological polar surface area (TPSA) is 85.7 Å². The van der Waals surface area contributed by atoms with Crippen LogP contribution < -0.4 is 11.0 Å². The summed E-state index contributed by atoms with van der Waals surface area (Å²) >= 11 is 5.98. The molecule has 0 aliphatic heterocycles. The number of aryl methyl sites for hydroxylation is 1. The third-order valence-corrected chi connectivity index (χ3v) is 5.76. The highest BCUT2D eigenvalue weighted by atomic mass is 35.5. The number of benzene rings is 2. The number of amides is 1. The maximum atomic E-state index is 12.8. The maximum absolute atomic E-state index is 12.8. The van der Waals surface area contributed by atoms with Gasteiger partial charge in [-0.25, -0.2) is 18.4 Å². The molecule has 0 radical (unpaired) electrons. The van der Waals surface area contributed by atoms with Crippen LogP contribution in [0.3, 0.4) is 0 Å². The van der Waals surface area contributed by atoms with E-state index in [-0.39, 0.29) is 12.5 Å². The van der Waals surface area contributed by atoms with E-state index in [1.54, 1.807) is 29.0 Å². The molecule has 5 rings (SSSR count). The van der Waals surface area contributed by atoms with Gasteiger partial charge < -0.3 is 5.32 Å². The molecule has 32 heavy (non-hydrogen) atoms. The Balaban J connectivity index is 1.49. The van der Waals surface area contributed by atoms with Crippen molar-refractivity contribution in [2.75, 3.05) is 5.32 Å². The van der Waals surface area contributed by atoms with E-state index >= 15 is 0 Å². The number of carbonyl (C=O) groups excluding carboxylic acids is 1. The summed E-state index contributed by atoms with van der Waals surface area (Å²) in [5, 5.41) is 12.5. The van der Waals surface area contributed by atoms with Crippen LogP contribution in [0.4, 0.5) is 5.69 Å². The largest absolute Gasteiger partial charge is 0.350 e. The number of fused-ring (bicyclic) bond motifs is 3. The second kappa shape index (κ2) is 7.65. The number of halogens is 1. The highest BCUT2D eigenvalue weighted by Gasteiger charge is 2.16. The maximum Gasteiger partial charge on any atom is 0.350 e. The molecule has 0 aliphatic rings. The third-order valence-electron chi connectivity index (χ3n) is 5.50. The van der Waals surface area contributed by atoms with Gasteiger partial charge in [-0.3, -0.25) is 4.79 Å². The Bertz CT molecular complexity index is 1550. The van der Waals surface area contributed by atoms with Gasteiger partial charge in [0.15, 0.2) is 5.65 Å². The summed E-state index contributed by atoms with van der Waals surface area (Å²) < 4.78 is 4.23. The zero-order valence-electron chi connectivity index (χ0n) is 17.4. The second-order valence-electron chi connectivity index (χ2n) is 7.59. The summed E-state index contributed by atoms with van der Waals surface area (Å²) in [5.41, 5.74) is 5.08. The van der Waals surface area contributed by atoms with E-state index < -0.39 is 5.69 Å². The lowest BCUT2D eigenvalue weighted by Crippen LogP contribution is -2.28. The van der Waals surface area contributed by atoms with Gasteiger partial charge in [0.2, 0.25) is 5.91 Å². The molecule has 0 saturated heterocycles. The number of nitrogens with one attached hydrogen (secondary N) is 1. The molecule has 0 bridgehead atoms. The molecule has 2 aromatic carbocycles. The van der Waals surface area contributed by atoms with Crippen molar-refractivity contribution in [2.45, 2.75) is 20.4 Å². The van der Waals surface area contributed by atoms with E-state index in [1.165, 1.54) is 4.40 Å². The molecule has 5 aromatic rings. The van der Waals surface area contributed by atoms with Gasteiger partial charge in [0.25, 0.3) is 0 Å². The van der Waals surface area contributed by atoms with Gasteiger partial charge in [0, 0.05) is 28.7 Å². The number of rotatable bonds is 4. The predicted molar refractivity (Wildman–Crippen MR) is 123 cm³/mol. The molecule has 0 fully saturated rings. The van der Waals surface area contributed by atoms with Crippen molar-refractivity contribution >= 4 is 34.4 Å². The quantitative estimate of drug-likeness (QED) is 0.456. The first-order chi connectivity index (χ1) is 15.4. The predicted octanol–water partition coefficient (Wildman–Crippen LogP) is 3.72. The number of carbonyl (C=O) groups is 1. The highest BCUT2D eigenvalue weighted by Crippen LogP contribution is 2.23. The fourth-order valence-electron chi connectivity index (χ4n) is 3.61. The van der Waals surface area contributed by atoms with Crippen molar-refractivity contribution in [2.24, 2.45) is 0 Å². The minimum Gasteiger partial charge on any atom is -0.324 e. The highest BCUT2D eigenvalue weighted by molar-refractivity contribution is 6.30. The molecule has 160 valence electrons. The molecule has 0 atom stereocenters. The summed E-state index contributed by atoms with van der Waals surface area (Å²) in [6.45, 7) is 3.72. The smallest absolute Gasteiger partial charge is 0.324 e. The minimum atomic E-state index is -0.396. The van der Waals surface area contributed by atoms with Crippen LogP contribution in [0.15, 0.2) is 65.7 Å². The lowest BCUT2D eigenvalue weighted by molar-refractivity contribution is -0.117. The summed E-state index contributed by atoms with van der Waals surface area (Å²) in [6, 6.07) is 14.9. The number of hydrogen-bond acceptors (Lipinski definition) is 4. The molecule has 1 amide bonds. The van der Waals surface area contributed by atoms with Crippen LogP contribution >= 0.6 is 11.6 Å². The molecular formula is C23H19ClN6O2. The average molecular weight is 447 g/mol. The molecule has 0 unspecified atom stereocenters. The minimum absolute atomic E-state index is 0.196. The van der Waals surface area contributed by atoms with Crippen LogP contribution in [-0.4, -0.2) is 29.7 Å². The summed E-state index contributed by atoms with van der Waals surface area (Å²) in [7, 11) is 0. The molecule has 0 saturated carbocycles. The summed E-state index contributed by atoms with van der Waals surface area (Å²) in [5.74, 6) is -0.324. The van der Waals surface area contributed by atoms with Crippen LogP contribution in [0.5, 0.6) is 0 Å². The summed E-state index contributed by atoms with van der Waals surface area (Å²) in [6.07, 6.45) is 3.28. The van der Waals surface area contributed by atoms with Crippen LogP contribution in [0.25, 0.3) is 22.4 Å². The van der Waals surface area contributed by atoms with Gasteiger partial charge in [-0.2, -0.15) is 5.10 Å². The zero-order chi connectivity index (χ0) is 22.4. The van der Waals surface area contributed by atoms with E-state index in [2.05, 4.69) is 15.5 Å². The lowest BCUT2D eigenvalue weighted by Gasteiger charge is -2.09. The molecule has 0 spiro atoms.